The number of carbonyl (C=O) groups excluding carboxylic acids is 1. The summed E-state index contributed by atoms with van der Waals surface area (Å²) in [4.78, 5) is 13.7. The van der Waals surface area contributed by atoms with E-state index in [2.05, 4.69) is 36.5 Å². The number of nitrogens with one attached hydrogen (secondary N) is 1. The first-order valence-corrected chi connectivity index (χ1v) is 8.69. The Bertz CT molecular complexity index is 525. The van der Waals surface area contributed by atoms with Crippen LogP contribution in [0.25, 0.3) is 0 Å². The molecule has 0 aliphatic heterocycles. The highest BCUT2D eigenvalue weighted by atomic mass is 32.2. The first-order chi connectivity index (χ1) is 10.2. The average molecular weight is 305 g/mol. The van der Waals surface area contributed by atoms with Crippen LogP contribution in [0.3, 0.4) is 0 Å². The van der Waals surface area contributed by atoms with E-state index in [1.165, 1.54) is 30.4 Å². The molecule has 1 aromatic rings. The third-order valence-electron chi connectivity index (χ3n) is 4.41. The van der Waals surface area contributed by atoms with Gasteiger partial charge in [0.2, 0.25) is 0 Å². The van der Waals surface area contributed by atoms with Crippen LogP contribution in [0.5, 0.6) is 0 Å². The van der Waals surface area contributed by atoms with Crippen molar-refractivity contribution in [3.05, 3.63) is 29.8 Å². The van der Waals surface area contributed by atoms with Crippen molar-refractivity contribution in [2.24, 2.45) is 5.92 Å². The molecule has 1 atom stereocenters. The van der Waals surface area contributed by atoms with E-state index in [0.29, 0.717) is 12.0 Å². The van der Waals surface area contributed by atoms with Gasteiger partial charge in [0, 0.05) is 16.7 Å². The fraction of sp³-hybridized carbons (Fsp3) is 0.588. The maximum atomic E-state index is 12.5. The molecule has 3 nitrogen and oxygen atoms in total. The van der Waals surface area contributed by atoms with Crippen LogP contribution in [0.1, 0.15) is 31.2 Å². The number of esters is 1. The van der Waals surface area contributed by atoms with Gasteiger partial charge in [0.15, 0.2) is 0 Å². The van der Waals surface area contributed by atoms with E-state index in [-0.39, 0.29) is 5.97 Å². The molecule has 0 spiro atoms. The van der Waals surface area contributed by atoms with Crippen LogP contribution >= 0.6 is 11.8 Å². The smallest absolute Gasteiger partial charge is 0.327 e. The Morgan fingerprint density at radius 3 is 2.62 bits per heavy atom. The molecule has 0 amide bonds. The summed E-state index contributed by atoms with van der Waals surface area (Å²) in [6.07, 6.45) is 4.62. The molecule has 0 bridgehead atoms. The summed E-state index contributed by atoms with van der Waals surface area (Å²) in [6.45, 7) is 2.12. The van der Waals surface area contributed by atoms with Gasteiger partial charge in [-0.3, -0.25) is 10.1 Å². The van der Waals surface area contributed by atoms with Crippen molar-refractivity contribution in [2.45, 2.75) is 49.1 Å². The SMILES string of the molecule is COC(=O)C(CSc1ccccc1C)(NC1CC1)C1CC1. The molecule has 2 aliphatic rings. The van der Waals surface area contributed by atoms with Gasteiger partial charge in [0.05, 0.1) is 7.11 Å². The molecule has 0 radical (unpaired) electrons. The minimum atomic E-state index is -0.497. The van der Waals surface area contributed by atoms with Gasteiger partial charge in [0.1, 0.15) is 5.54 Å². The lowest BCUT2D eigenvalue weighted by atomic mass is 9.95. The maximum absolute atomic E-state index is 12.5. The van der Waals surface area contributed by atoms with Gasteiger partial charge in [-0.2, -0.15) is 0 Å². The van der Waals surface area contributed by atoms with Crippen LogP contribution in [0.15, 0.2) is 29.2 Å². The summed E-state index contributed by atoms with van der Waals surface area (Å²) in [6, 6.07) is 8.86. The van der Waals surface area contributed by atoms with Crippen LogP contribution in [-0.2, 0) is 9.53 Å². The predicted molar refractivity (Wildman–Crippen MR) is 85.5 cm³/mol. The van der Waals surface area contributed by atoms with E-state index in [0.717, 1.165) is 18.6 Å². The molecule has 3 rings (SSSR count). The summed E-state index contributed by atoms with van der Waals surface area (Å²) >= 11 is 1.77. The van der Waals surface area contributed by atoms with E-state index in [1.807, 2.05) is 0 Å². The molecule has 0 aromatic heterocycles. The van der Waals surface area contributed by atoms with Crippen LogP contribution in [0, 0.1) is 12.8 Å². The molecule has 1 unspecified atom stereocenters. The second-order valence-electron chi connectivity index (χ2n) is 6.21. The molecule has 2 saturated carbocycles. The first-order valence-electron chi connectivity index (χ1n) is 7.70. The lowest BCUT2D eigenvalue weighted by Crippen LogP contribution is -2.57. The van der Waals surface area contributed by atoms with E-state index in [4.69, 9.17) is 4.74 Å². The van der Waals surface area contributed by atoms with Gasteiger partial charge in [-0.15, -0.1) is 11.8 Å². The van der Waals surface area contributed by atoms with E-state index < -0.39 is 5.54 Å². The quantitative estimate of drug-likeness (QED) is 0.620. The van der Waals surface area contributed by atoms with Crippen molar-refractivity contribution in [3.8, 4) is 0 Å². The van der Waals surface area contributed by atoms with Gasteiger partial charge in [0.25, 0.3) is 0 Å². The zero-order valence-electron chi connectivity index (χ0n) is 12.7. The minimum absolute atomic E-state index is 0.0852. The fourth-order valence-electron chi connectivity index (χ4n) is 2.82. The molecular formula is C17H23NO2S. The molecule has 1 aromatic carbocycles. The monoisotopic (exact) mass is 305 g/mol. The number of hydrogen-bond acceptors (Lipinski definition) is 4. The highest BCUT2D eigenvalue weighted by Gasteiger charge is 2.53. The lowest BCUT2D eigenvalue weighted by molar-refractivity contribution is -0.148. The van der Waals surface area contributed by atoms with E-state index >= 15 is 0 Å². The molecule has 2 aliphatic carbocycles. The first kappa shape index (κ1) is 14.9. The van der Waals surface area contributed by atoms with Crippen molar-refractivity contribution in [2.75, 3.05) is 12.9 Å². The highest BCUT2D eigenvalue weighted by Crippen LogP contribution is 2.45. The van der Waals surface area contributed by atoms with Crippen LogP contribution in [0.4, 0.5) is 0 Å². The molecule has 1 N–H and O–H groups in total. The van der Waals surface area contributed by atoms with Crippen LogP contribution in [-0.4, -0.2) is 30.4 Å². The molecule has 4 heteroatoms. The average Bonchev–Trinajstić information content (AvgIpc) is 3.37. The third-order valence-corrected chi connectivity index (χ3v) is 5.78. The number of ether oxygens (including phenoxy) is 1. The standard InChI is InChI=1S/C17H23NO2S/c1-12-5-3-4-6-15(12)21-11-17(13-7-8-13,16(19)20-2)18-14-9-10-14/h3-6,13-14,18H,7-11H2,1-2H3. The Labute approximate surface area is 130 Å². The second-order valence-corrected chi connectivity index (χ2v) is 7.23. The van der Waals surface area contributed by atoms with E-state index in [9.17, 15) is 4.79 Å². The summed E-state index contributed by atoms with van der Waals surface area (Å²) < 4.78 is 5.15. The van der Waals surface area contributed by atoms with Crippen LogP contribution in [0.2, 0.25) is 0 Å². The minimum Gasteiger partial charge on any atom is -0.468 e. The number of carbonyl (C=O) groups is 1. The topological polar surface area (TPSA) is 38.3 Å². The molecular weight excluding hydrogens is 282 g/mol. The largest absolute Gasteiger partial charge is 0.468 e. The van der Waals surface area contributed by atoms with Crippen LogP contribution < -0.4 is 5.32 Å². The third kappa shape index (κ3) is 3.27. The summed E-state index contributed by atoms with van der Waals surface area (Å²) in [5, 5.41) is 3.61. The van der Waals surface area contributed by atoms with Crippen molar-refractivity contribution < 1.29 is 9.53 Å². The van der Waals surface area contributed by atoms with Gasteiger partial charge >= 0.3 is 5.97 Å². The number of methoxy groups -OCH3 is 1. The molecule has 0 saturated heterocycles. The van der Waals surface area contributed by atoms with Crippen molar-refractivity contribution in [3.63, 3.8) is 0 Å². The van der Waals surface area contributed by atoms with Gasteiger partial charge in [-0.05, 0) is 50.2 Å². The zero-order chi connectivity index (χ0) is 14.9. The molecule has 114 valence electrons. The molecule has 0 heterocycles. The van der Waals surface area contributed by atoms with Crippen molar-refractivity contribution in [1.29, 1.82) is 0 Å². The Kier molecular flexibility index (Phi) is 4.27. The van der Waals surface area contributed by atoms with Crippen molar-refractivity contribution >= 4 is 17.7 Å². The van der Waals surface area contributed by atoms with Gasteiger partial charge in [-0.25, -0.2) is 0 Å². The summed E-state index contributed by atoms with van der Waals surface area (Å²) in [5.74, 6) is 1.10. The predicted octanol–water partition coefficient (Wildman–Crippen LogP) is 3.16. The number of benzene rings is 1. The Morgan fingerprint density at radius 2 is 2.05 bits per heavy atom. The number of aryl methyl sites for hydroxylation is 1. The maximum Gasteiger partial charge on any atom is 0.327 e. The normalized spacial score (nSPS) is 20.9. The summed E-state index contributed by atoms with van der Waals surface area (Å²) in [5.41, 5.74) is 0.770. The number of hydrogen-bond donors (Lipinski definition) is 1. The van der Waals surface area contributed by atoms with Gasteiger partial charge < -0.3 is 4.74 Å². The number of rotatable bonds is 7. The summed E-state index contributed by atoms with van der Waals surface area (Å²) in [7, 11) is 1.51. The molecule has 2 fully saturated rings. The molecule has 21 heavy (non-hydrogen) atoms. The van der Waals surface area contributed by atoms with E-state index in [1.54, 1.807) is 11.8 Å². The Hall–Kier alpha value is -1.00. The zero-order valence-corrected chi connectivity index (χ0v) is 13.5. The second kappa shape index (κ2) is 6.01. The fourth-order valence-corrected chi connectivity index (χ4v) is 4.11. The Balaban J connectivity index is 1.77. The van der Waals surface area contributed by atoms with Gasteiger partial charge in [-0.1, -0.05) is 18.2 Å². The lowest BCUT2D eigenvalue weighted by Gasteiger charge is -2.32. The van der Waals surface area contributed by atoms with Crippen molar-refractivity contribution in [1.82, 2.24) is 5.32 Å². The number of thioether (sulfide) groups is 1. The Morgan fingerprint density at radius 1 is 1.33 bits per heavy atom. The highest BCUT2D eigenvalue weighted by molar-refractivity contribution is 7.99.